The number of thioether (sulfide) groups is 1. The molecule has 0 N–H and O–H groups in total. The van der Waals surface area contributed by atoms with Crippen molar-refractivity contribution in [1.82, 2.24) is 9.97 Å². The number of hydrogen-bond donors (Lipinski definition) is 0. The van der Waals surface area contributed by atoms with E-state index >= 15 is 0 Å². The minimum absolute atomic E-state index is 0.451. The lowest BCUT2D eigenvalue weighted by atomic mass is 10.3. The highest BCUT2D eigenvalue weighted by molar-refractivity contribution is 9.09. The Bertz CT molecular complexity index is 306. The summed E-state index contributed by atoms with van der Waals surface area (Å²) in [7, 11) is 0. The summed E-state index contributed by atoms with van der Waals surface area (Å²) in [6.07, 6.45) is 3.65. The number of anilines is 1. The fourth-order valence-corrected chi connectivity index (χ4v) is 2.08. The summed E-state index contributed by atoms with van der Waals surface area (Å²) in [6.45, 7) is 5.30. The molecule has 0 amide bonds. The Morgan fingerprint density at radius 2 is 2.20 bits per heavy atom. The molecule has 0 unspecified atom stereocenters. The Morgan fingerprint density at radius 3 is 2.73 bits per heavy atom. The predicted molar refractivity (Wildman–Crippen MR) is 70.1 cm³/mol. The average Bonchev–Trinajstić information content (AvgIpc) is 2.25. The van der Waals surface area contributed by atoms with E-state index in [0.717, 1.165) is 22.7 Å². The Labute approximate surface area is 104 Å². The summed E-state index contributed by atoms with van der Waals surface area (Å²) in [5.41, 5.74) is 0. The van der Waals surface area contributed by atoms with Crippen molar-refractivity contribution in [3.8, 4) is 0 Å². The first-order valence-electron chi connectivity index (χ1n) is 4.87. The average molecular weight is 290 g/mol. The minimum atomic E-state index is 0.451. The monoisotopic (exact) mass is 289 g/mol. The van der Waals surface area contributed by atoms with Crippen molar-refractivity contribution in [2.75, 3.05) is 23.0 Å². The standard InChI is InChI=1S/C10H16BrN3S/c1-8(2)14(5-4-11)9-6-10(15-3)13-7-12-9/h6-8H,4-5H2,1-3H3. The number of rotatable bonds is 5. The Kier molecular flexibility index (Phi) is 5.39. The maximum absolute atomic E-state index is 4.31. The van der Waals surface area contributed by atoms with Gasteiger partial charge in [0.2, 0.25) is 0 Å². The van der Waals surface area contributed by atoms with Crippen LogP contribution in [0.2, 0.25) is 0 Å². The van der Waals surface area contributed by atoms with E-state index in [2.05, 4.69) is 44.6 Å². The van der Waals surface area contributed by atoms with E-state index in [1.807, 2.05) is 12.3 Å². The molecule has 0 bridgehead atoms. The molecule has 0 aliphatic rings. The number of alkyl halides is 1. The first kappa shape index (κ1) is 12.8. The molecule has 5 heteroatoms. The van der Waals surface area contributed by atoms with E-state index in [4.69, 9.17) is 0 Å². The van der Waals surface area contributed by atoms with Gasteiger partial charge in [-0.3, -0.25) is 0 Å². The molecule has 1 aromatic heterocycles. The third-order valence-corrected chi connectivity index (χ3v) is 3.08. The maximum atomic E-state index is 4.31. The Morgan fingerprint density at radius 1 is 1.47 bits per heavy atom. The summed E-state index contributed by atoms with van der Waals surface area (Å²) >= 11 is 5.10. The predicted octanol–water partition coefficient (Wildman–Crippen LogP) is 2.81. The molecule has 15 heavy (non-hydrogen) atoms. The summed E-state index contributed by atoms with van der Waals surface area (Å²) in [5.74, 6) is 1.00. The fourth-order valence-electron chi connectivity index (χ4n) is 1.33. The van der Waals surface area contributed by atoms with E-state index in [-0.39, 0.29) is 0 Å². The van der Waals surface area contributed by atoms with Crippen LogP contribution in [0.5, 0.6) is 0 Å². The third kappa shape index (κ3) is 3.65. The van der Waals surface area contributed by atoms with Crippen molar-refractivity contribution in [3.05, 3.63) is 12.4 Å². The highest BCUT2D eigenvalue weighted by Crippen LogP contribution is 2.19. The van der Waals surface area contributed by atoms with Gasteiger partial charge >= 0.3 is 0 Å². The van der Waals surface area contributed by atoms with E-state index in [0.29, 0.717) is 6.04 Å². The summed E-state index contributed by atoms with van der Waals surface area (Å²) in [4.78, 5) is 10.7. The summed E-state index contributed by atoms with van der Waals surface area (Å²) in [5, 5.41) is 1.96. The molecule has 84 valence electrons. The molecular formula is C10H16BrN3S. The van der Waals surface area contributed by atoms with Crippen molar-refractivity contribution < 1.29 is 0 Å². The van der Waals surface area contributed by atoms with Gasteiger partial charge in [0, 0.05) is 24.0 Å². The second kappa shape index (κ2) is 6.33. The van der Waals surface area contributed by atoms with Crippen molar-refractivity contribution in [3.63, 3.8) is 0 Å². The van der Waals surface area contributed by atoms with Gasteiger partial charge in [-0.25, -0.2) is 9.97 Å². The van der Waals surface area contributed by atoms with Crippen LogP contribution in [-0.4, -0.2) is 34.1 Å². The SMILES string of the molecule is CSc1cc(N(CCBr)C(C)C)ncn1. The van der Waals surface area contributed by atoms with Crippen LogP contribution in [0.1, 0.15) is 13.8 Å². The van der Waals surface area contributed by atoms with Crippen LogP contribution in [-0.2, 0) is 0 Å². The van der Waals surface area contributed by atoms with Crippen LogP contribution in [0.15, 0.2) is 17.4 Å². The lowest BCUT2D eigenvalue weighted by Gasteiger charge is -2.27. The lowest BCUT2D eigenvalue weighted by molar-refractivity contribution is 0.694. The molecule has 0 aliphatic carbocycles. The zero-order valence-electron chi connectivity index (χ0n) is 9.27. The third-order valence-electron chi connectivity index (χ3n) is 2.08. The number of nitrogens with zero attached hydrogens (tertiary/aromatic N) is 3. The topological polar surface area (TPSA) is 29.0 Å². The molecular weight excluding hydrogens is 274 g/mol. The molecule has 0 saturated heterocycles. The van der Waals surface area contributed by atoms with Gasteiger partial charge in [0.25, 0.3) is 0 Å². The largest absolute Gasteiger partial charge is 0.353 e. The van der Waals surface area contributed by atoms with Crippen LogP contribution >= 0.6 is 27.7 Å². The molecule has 0 radical (unpaired) electrons. The van der Waals surface area contributed by atoms with E-state index in [9.17, 15) is 0 Å². The van der Waals surface area contributed by atoms with Crippen LogP contribution in [0.3, 0.4) is 0 Å². The van der Waals surface area contributed by atoms with Gasteiger partial charge in [-0.15, -0.1) is 11.8 Å². The van der Waals surface area contributed by atoms with Gasteiger partial charge in [-0.1, -0.05) is 15.9 Å². The van der Waals surface area contributed by atoms with Crippen molar-refractivity contribution >= 4 is 33.5 Å². The van der Waals surface area contributed by atoms with Crippen molar-refractivity contribution in [1.29, 1.82) is 0 Å². The highest BCUT2D eigenvalue weighted by atomic mass is 79.9. The zero-order valence-corrected chi connectivity index (χ0v) is 11.7. The molecule has 0 aliphatic heterocycles. The normalized spacial score (nSPS) is 10.7. The number of halogens is 1. The van der Waals surface area contributed by atoms with E-state index < -0.39 is 0 Å². The first-order valence-corrected chi connectivity index (χ1v) is 7.22. The Hall–Kier alpha value is -0.290. The molecule has 1 aromatic rings. The zero-order chi connectivity index (χ0) is 11.3. The number of aromatic nitrogens is 2. The smallest absolute Gasteiger partial charge is 0.133 e. The Balaban J connectivity index is 2.89. The quantitative estimate of drug-likeness (QED) is 0.474. The van der Waals surface area contributed by atoms with Gasteiger partial charge in [-0.05, 0) is 20.1 Å². The van der Waals surface area contributed by atoms with Gasteiger partial charge in [0.15, 0.2) is 0 Å². The first-order chi connectivity index (χ1) is 7.19. The van der Waals surface area contributed by atoms with Gasteiger partial charge in [0.05, 0.1) is 0 Å². The summed E-state index contributed by atoms with van der Waals surface area (Å²) in [6, 6.07) is 2.49. The molecule has 0 saturated carbocycles. The van der Waals surface area contributed by atoms with Crippen LogP contribution in [0.4, 0.5) is 5.82 Å². The molecule has 1 rings (SSSR count). The molecule has 0 spiro atoms. The van der Waals surface area contributed by atoms with E-state index in [1.54, 1.807) is 18.1 Å². The van der Waals surface area contributed by atoms with E-state index in [1.165, 1.54) is 0 Å². The van der Waals surface area contributed by atoms with Gasteiger partial charge in [-0.2, -0.15) is 0 Å². The number of hydrogen-bond acceptors (Lipinski definition) is 4. The lowest BCUT2D eigenvalue weighted by Crippen LogP contribution is -2.33. The molecule has 0 fully saturated rings. The van der Waals surface area contributed by atoms with Crippen molar-refractivity contribution in [2.45, 2.75) is 24.9 Å². The van der Waals surface area contributed by atoms with Crippen LogP contribution in [0, 0.1) is 0 Å². The summed E-state index contributed by atoms with van der Waals surface area (Å²) < 4.78 is 0. The van der Waals surface area contributed by atoms with Gasteiger partial charge < -0.3 is 4.90 Å². The minimum Gasteiger partial charge on any atom is -0.353 e. The second-order valence-electron chi connectivity index (χ2n) is 3.39. The van der Waals surface area contributed by atoms with Crippen molar-refractivity contribution in [2.24, 2.45) is 0 Å². The molecule has 1 heterocycles. The fraction of sp³-hybridized carbons (Fsp3) is 0.600. The second-order valence-corrected chi connectivity index (χ2v) is 5.01. The van der Waals surface area contributed by atoms with Gasteiger partial charge in [0.1, 0.15) is 17.2 Å². The molecule has 0 aromatic carbocycles. The highest BCUT2D eigenvalue weighted by Gasteiger charge is 2.11. The molecule has 3 nitrogen and oxygen atoms in total. The molecule has 0 atom stereocenters. The van der Waals surface area contributed by atoms with Crippen LogP contribution < -0.4 is 4.90 Å². The maximum Gasteiger partial charge on any atom is 0.133 e. The van der Waals surface area contributed by atoms with Crippen LogP contribution in [0.25, 0.3) is 0 Å².